The molecule has 4 heteroatoms. The first kappa shape index (κ1) is 34.5. The van der Waals surface area contributed by atoms with Gasteiger partial charge in [-0.05, 0) is 83.2 Å². The Morgan fingerprint density at radius 2 is 0.935 bits per heavy atom. The lowest BCUT2D eigenvalue weighted by Crippen LogP contribution is -2.11. The van der Waals surface area contributed by atoms with E-state index in [2.05, 4.69) is 216 Å². The number of aromatic nitrogens is 1. The molecule has 0 atom stereocenters. The third-order valence-electron chi connectivity index (χ3n) is 12.6. The van der Waals surface area contributed by atoms with Gasteiger partial charge in [-0.25, -0.2) is 0 Å². The van der Waals surface area contributed by atoms with Gasteiger partial charge in [-0.1, -0.05) is 152 Å². The molecule has 0 saturated heterocycles. The molecule has 13 rings (SSSR count). The van der Waals surface area contributed by atoms with Gasteiger partial charge in [-0.3, -0.25) is 0 Å². The first-order valence-corrected chi connectivity index (χ1v) is 21.1. The van der Waals surface area contributed by atoms with E-state index in [-0.39, 0.29) is 0 Å². The second-order valence-electron chi connectivity index (χ2n) is 16.0. The summed E-state index contributed by atoms with van der Waals surface area (Å²) in [7, 11) is 0. The largest absolute Gasteiger partial charge is 0.456 e. The molecule has 10 aromatic carbocycles. The first-order valence-electron chi connectivity index (χ1n) is 21.1. The predicted octanol–water partition coefficient (Wildman–Crippen LogP) is 16.5. The van der Waals surface area contributed by atoms with Crippen LogP contribution >= 0.6 is 0 Å². The molecular weight excluding hydrogens is 757 g/mol. The zero-order valence-electron chi connectivity index (χ0n) is 33.5. The van der Waals surface area contributed by atoms with Crippen molar-refractivity contribution in [1.82, 2.24) is 4.57 Å². The van der Waals surface area contributed by atoms with E-state index in [4.69, 9.17) is 8.83 Å². The molecule has 0 aliphatic rings. The van der Waals surface area contributed by atoms with Crippen molar-refractivity contribution in [2.75, 3.05) is 4.90 Å². The minimum atomic E-state index is 0.841. The van der Waals surface area contributed by atoms with Gasteiger partial charge in [0.1, 0.15) is 22.3 Å². The van der Waals surface area contributed by atoms with Crippen molar-refractivity contribution in [3.8, 4) is 27.9 Å². The molecule has 0 radical (unpaired) electrons. The summed E-state index contributed by atoms with van der Waals surface area (Å²) in [4.78, 5) is 2.42. The van der Waals surface area contributed by atoms with Gasteiger partial charge in [0, 0.05) is 49.1 Å². The highest BCUT2D eigenvalue weighted by Gasteiger charge is 2.25. The number of hydrogen-bond acceptors (Lipinski definition) is 3. The van der Waals surface area contributed by atoms with E-state index in [0.29, 0.717) is 0 Å². The zero-order chi connectivity index (χ0) is 40.7. The average Bonchev–Trinajstić information content (AvgIpc) is 4.02. The maximum atomic E-state index is 7.06. The molecule has 0 unspecified atom stereocenters. The fraction of sp³-hybridized carbons (Fsp3) is 0. The Morgan fingerprint density at radius 3 is 1.74 bits per heavy atom. The first-order chi connectivity index (χ1) is 30.8. The van der Waals surface area contributed by atoms with Crippen LogP contribution in [0.4, 0.5) is 17.1 Å². The van der Waals surface area contributed by atoms with Crippen molar-refractivity contribution >= 4 is 93.5 Å². The molecule has 0 N–H and O–H groups in total. The molecule has 0 saturated carbocycles. The van der Waals surface area contributed by atoms with Crippen molar-refractivity contribution < 1.29 is 8.83 Å². The lowest BCUT2D eigenvalue weighted by atomic mass is 9.96. The molecule has 4 nitrogen and oxygen atoms in total. The van der Waals surface area contributed by atoms with Gasteiger partial charge in [0.05, 0.1) is 33.5 Å². The summed E-state index contributed by atoms with van der Waals surface area (Å²) >= 11 is 0. The van der Waals surface area contributed by atoms with E-state index in [1.165, 1.54) is 27.2 Å². The fourth-order valence-electron chi connectivity index (χ4n) is 9.93. The van der Waals surface area contributed by atoms with Crippen molar-refractivity contribution in [2.24, 2.45) is 0 Å². The van der Waals surface area contributed by atoms with Crippen LogP contribution in [0.2, 0.25) is 0 Å². The molecule has 0 aliphatic carbocycles. The summed E-state index contributed by atoms with van der Waals surface area (Å²) in [6.07, 6.45) is 0. The van der Waals surface area contributed by atoms with Crippen molar-refractivity contribution in [3.05, 3.63) is 218 Å². The van der Waals surface area contributed by atoms with Gasteiger partial charge < -0.3 is 18.3 Å². The smallest absolute Gasteiger partial charge is 0.145 e. The summed E-state index contributed by atoms with van der Waals surface area (Å²) in [6, 6.07) is 77.9. The molecule has 0 amide bonds. The lowest BCUT2D eigenvalue weighted by Gasteiger charge is -2.28. The number of furan rings is 2. The van der Waals surface area contributed by atoms with Gasteiger partial charge >= 0.3 is 0 Å². The van der Waals surface area contributed by atoms with Gasteiger partial charge in [0.25, 0.3) is 0 Å². The standard InChI is InChI=1S/C58H36N2O2/c1-2-20-40-37(16-1)17-14-30-48(40)59(39-19-13-18-38(36-39)41-26-15-33-55-56(41)46-24-6-11-31-53(46)61-55)52-35-34-45(58-57(52)47-25-7-12-32-54(47)62-58)44-23-5-10-29-51(44)60-49-27-8-3-21-42(49)43-22-4-9-28-50(43)60/h1-36H. The van der Waals surface area contributed by atoms with Crippen LogP contribution in [0.3, 0.4) is 0 Å². The second-order valence-corrected chi connectivity index (χ2v) is 16.0. The number of benzene rings is 10. The molecule has 0 fully saturated rings. The van der Waals surface area contributed by atoms with E-state index in [1.807, 2.05) is 12.1 Å². The van der Waals surface area contributed by atoms with Crippen LogP contribution in [-0.4, -0.2) is 4.57 Å². The topological polar surface area (TPSA) is 34.5 Å². The number of hydrogen-bond donors (Lipinski definition) is 0. The van der Waals surface area contributed by atoms with Gasteiger partial charge in [0.2, 0.25) is 0 Å². The third kappa shape index (κ3) is 5.14. The van der Waals surface area contributed by atoms with Crippen molar-refractivity contribution in [2.45, 2.75) is 0 Å². The predicted molar refractivity (Wildman–Crippen MR) is 258 cm³/mol. The van der Waals surface area contributed by atoms with Crippen LogP contribution in [0.1, 0.15) is 0 Å². The fourth-order valence-corrected chi connectivity index (χ4v) is 9.93. The van der Waals surface area contributed by atoms with Crippen molar-refractivity contribution in [1.29, 1.82) is 0 Å². The Morgan fingerprint density at radius 1 is 0.355 bits per heavy atom. The Balaban J connectivity index is 1.09. The highest BCUT2D eigenvalue weighted by atomic mass is 16.3. The number of nitrogens with zero attached hydrogens (tertiary/aromatic N) is 2. The van der Waals surface area contributed by atoms with Crippen molar-refractivity contribution in [3.63, 3.8) is 0 Å². The minimum Gasteiger partial charge on any atom is -0.456 e. The van der Waals surface area contributed by atoms with Crippen LogP contribution in [-0.2, 0) is 0 Å². The Labute approximate surface area is 356 Å². The van der Waals surface area contributed by atoms with Crippen LogP contribution in [0, 0.1) is 0 Å². The molecule has 13 aromatic rings. The number of fused-ring (bicyclic) bond motifs is 10. The Kier molecular flexibility index (Phi) is 7.57. The molecule has 290 valence electrons. The Hall–Kier alpha value is -8.34. The highest BCUT2D eigenvalue weighted by Crippen LogP contribution is 2.49. The molecule has 3 heterocycles. The number of anilines is 3. The molecule has 3 aromatic heterocycles. The molecule has 62 heavy (non-hydrogen) atoms. The lowest BCUT2D eigenvalue weighted by molar-refractivity contribution is 0.669. The monoisotopic (exact) mass is 792 g/mol. The summed E-state index contributed by atoms with van der Waals surface area (Å²) < 4.78 is 15.8. The zero-order valence-corrected chi connectivity index (χ0v) is 33.5. The van der Waals surface area contributed by atoms with Crippen LogP contribution < -0.4 is 4.90 Å². The van der Waals surface area contributed by atoms with Gasteiger partial charge in [-0.2, -0.15) is 0 Å². The maximum Gasteiger partial charge on any atom is 0.145 e. The maximum absolute atomic E-state index is 7.06. The third-order valence-corrected chi connectivity index (χ3v) is 12.6. The van der Waals surface area contributed by atoms with E-state index in [9.17, 15) is 0 Å². The SMILES string of the molecule is c1cc(-c2cccc3oc4ccccc4c23)cc(N(c2cccc3ccccc23)c2ccc(-c3ccccc3-n3c4ccccc4c4ccccc43)c3oc4ccccc4c23)c1. The summed E-state index contributed by atoms with van der Waals surface area (Å²) in [5.41, 5.74) is 14.4. The quantitative estimate of drug-likeness (QED) is 0.168. The Bertz CT molecular complexity index is 3840. The van der Waals surface area contributed by atoms with Crippen LogP contribution in [0.15, 0.2) is 227 Å². The molecule has 0 bridgehead atoms. The minimum absolute atomic E-state index is 0.841. The summed E-state index contributed by atoms with van der Waals surface area (Å²) in [5.74, 6) is 0. The second kappa shape index (κ2) is 13.6. The summed E-state index contributed by atoms with van der Waals surface area (Å²) in [6.45, 7) is 0. The molecular formula is C58H36N2O2. The highest BCUT2D eigenvalue weighted by molar-refractivity contribution is 6.19. The van der Waals surface area contributed by atoms with Crippen LogP contribution in [0.5, 0.6) is 0 Å². The van der Waals surface area contributed by atoms with Gasteiger partial charge in [0.15, 0.2) is 0 Å². The average molecular weight is 793 g/mol. The van der Waals surface area contributed by atoms with Crippen LogP contribution in [0.25, 0.3) is 104 Å². The molecule has 0 aliphatic heterocycles. The number of rotatable bonds is 6. The normalized spacial score (nSPS) is 11.9. The van der Waals surface area contributed by atoms with E-state index < -0.39 is 0 Å². The number of para-hydroxylation sites is 5. The van der Waals surface area contributed by atoms with E-state index in [1.54, 1.807) is 0 Å². The van der Waals surface area contributed by atoms with E-state index in [0.717, 1.165) is 94.3 Å². The van der Waals surface area contributed by atoms with E-state index >= 15 is 0 Å². The molecule has 0 spiro atoms. The summed E-state index contributed by atoms with van der Waals surface area (Å²) in [5, 5.41) is 9.13. The van der Waals surface area contributed by atoms with Gasteiger partial charge in [-0.15, -0.1) is 0 Å².